The predicted octanol–water partition coefficient (Wildman–Crippen LogP) is -0.203. The summed E-state index contributed by atoms with van der Waals surface area (Å²) >= 11 is 0. The molecule has 2 atom stereocenters. The van der Waals surface area contributed by atoms with Crippen LogP contribution in [0.25, 0.3) is 0 Å². The lowest BCUT2D eigenvalue weighted by Crippen LogP contribution is -2.44. The fraction of sp³-hybridized carbons (Fsp3) is 0.889. The van der Waals surface area contributed by atoms with E-state index in [0.717, 1.165) is 25.9 Å². The maximum atomic E-state index is 10.6. The van der Waals surface area contributed by atoms with Gasteiger partial charge in [0.05, 0.1) is 6.17 Å². The second kappa shape index (κ2) is 5.19. The number of amides is 1. The number of hydrogen-bond acceptors (Lipinski definition) is 3. The van der Waals surface area contributed by atoms with Crippen LogP contribution in [0.15, 0.2) is 0 Å². The summed E-state index contributed by atoms with van der Waals surface area (Å²) in [5.74, 6) is 0.723. The lowest BCUT2D eigenvalue weighted by Gasteiger charge is -2.27. The number of carbonyl (C=O) groups is 1. The standard InChI is InChI=1S/C9H19N3O/c1-7(13)11-4-2-8-3-5-12-9(10)6-8/h8-9,12H,2-6,10H2,1H3,(H,11,13). The number of rotatable bonds is 3. The molecule has 1 rings (SSSR count). The van der Waals surface area contributed by atoms with Crippen LogP contribution in [0.1, 0.15) is 26.2 Å². The third-order valence-corrected chi connectivity index (χ3v) is 2.47. The molecule has 1 aliphatic heterocycles. The van der Waals surface area contributed by atoms with Crippen LogP contribution in [-0.4, -0.2) is 25.2 Å². The van der Waals surface area contributed by atoms with E-state index in [0.29, 0.717) is 5.92 Å². The first kappa shape index (κ1) is 10.5. The summed E-state index contributed by atoms with van der Waals surface area (Å²) in [6.45, 7) is 3.34. The van der Waals surface area contributed by atoms with Crippen LogP contribution in [0.3, 0.4) is 0 Å². The maximum Gasteiger partial charge on any atom is 0.216 e. The quantitative estimate of drug-likeness (QED) is 0.570. The minimum atomic E-state index is 0.0539. The molecular weight excluding hydrogens is 166 g/mol. The van der Waals surface area contributed by atoms with Crippen molar-refractivity contribution in [2.75, 3.05) is 13.1 Å². The number of piperidine rings is 1. The minimum absolute atomic E-state index is 0.0539. The highest BCUT2D eigenvalue weighted by molar-refractivity contribution is 5.72. The summed E-state index contributed by atoms with van der Waals surface area (Å²) in [6.07, 6.45) is 3.40. The maximum absolute atomic E-state index is 10.6. The normalized spacial score (nSPS) is 28.5. The van der Waals surface area contributed by atoms with Crippen molar-refractivity contribution in [2.24, 2.45) is 11.7 Å². The van der Waals surface area contributed by atoms with Gasteiger partial charge in [-0.25, -0.2) is 0 Å². The highest BCUT2D eigenvalue weighted by Crippen LogP contribution is 2.16. The highest BCUT2D eigenvalue weighted by Gasteiger charge is 2.17. The second-order valence-corrected chi connectivity index (χ2v) is 3.72. The van der Waals surface area contributed by atoms with Crippen LogP contribution >= 0.6 is 0 Å². The van der Waals surface area contributed by atoms with Crippen LogP contribution in [0, 0.1) is 5.92 Å². The summed E-state index contributed by atoms with van der Waals surface area (Å²) in [6, 6.07) is 0. The summed E-state index contributed by atoms with van der Waals surface area (Å²) in [4.78, 5) is 10.6. The Kier molecular flexibility index (Phi) is 4.18. The van der Waals surface area contributed by atoms with Crippen molar-refractivity contribution in [2.45, 2.75) is 32.4 Å². The first-order valence-electron chi connectivity index (χ1n) is 4.92. The van der Waals surface area contributed by atoms with Crippen molar-refractivity contribution in [3.05, 3.63) is 0 Å². The highest BCUT2D eigenvalue weighted by atomic mass is 16.1. The average Bonchev–Trinajstić information content (AvgIpc) is 2.03. The fourth-order valence-electron chi connectivity index (χ4n) is 1.75. The molecule has 1 aliphatic rings. The molecule has 0 aromatic carbocycles. The second-order valence-electron chi connectivity index (χ2n) is 3.72. The van der Waals surface area contributed by atoms with E-state index in [9.17, 15) is 4.79 Å². The molecule has 0 radical (unpaired) electrons. The summed E-state index contributed by atoms with van der Waals surface area (Å²) in [7, 11) is 0. The molecule has 0 aromatic heterocycles. The Morgan fingerprint density at radius 3 is 3.08 bits per heavy atom. The third kappa shape index (κ3) is 4.24. The van der Waals surface area contributed by atoms with Crippen LogP contribution in [0.5, 0.6) is 0 Å². The number of nitrogens with two attached hydrogens (primary N) is 1. The van der Waals surface area contributed by atoms with Gasteiger partial charge in [-0.1, -0.05) is 0 Å². The summed E-state index contributed by atoms with van der Waals surface area (Å²) in [5, 5.41) is 6.01. The molecule has 0 aromatic rings. The largest absolute Gasteiger partial charge is 0.356 e. The van der Waals surface area contributed by atoms with E-state index in [2.05, 4.69) is 10.6 Å². The number of hydrogen-bond donors (Lipinski definition) is 3. The summed E-state index contributed by atoms with van der Waals surface area (Å²) < 4.78 is 0. The Balaban J connectivity index is 2.10. The van der Waals surface area contributed by atoms with E-state index >= 15 is 0 Å². The zero-order chi connectivity index (χ0) is 9.68. The molecule has 4 nitrogen and oxygen atoms in total. The van der Waals surface area contributed by atoms with E-state index < -0.39 is 0 Å². The smallest absolute Gasteiger partial charge is 0.216 e. The lowest BCUT2D eigenvalue weighted by atomic mass is 9.93. The third-order valence-electron chi connectivity index (χ3n) is 2.47. The average molecular weight is 185 g/mol. The van der Waals surface area contributed by atoms with Gasteiger partial charge in [-0.05, 0) is 31.7 Å². The van der Waals surface area contributed by atoms with Crippen molar-refractivity contribution in [1.82, 2.24) is 10.6 Å². The van der Waals surface area contributed by atoms with Gasteiger partial charge < -0.3 is 16.4 Å². The Morgan fingerprint density at radius 2 is 2.46 bits per heavy atom. The summed E-state index contributed by atoms with van der Waals surface area (Å²) in [5.41, 5.74) is 5.76. The van der Waals surface area contributed by atoms with Crippen LogP contribution < -0.4 is 16.4 Å². The van der Waals surface area contributed by atoms with Gasteiger partial charge in [0.15, 0.2) is 0 Å². The molecule has 76 valence electrons. The van der Waals surface area contributed by atoms with E-state index in [1.54, 1.807) is 6.92 Å². The lowest BCUT2D eigenvalue weighted by molar-refractivity contribution is -0.119. The molecular formula is C9H19N3O. The van der Waals surface area contributed by atoms with Crippen LogP contribution in [0.2, 0.25) is 0 Å². The number of nitrogens with one attached hydrogen (secondary N) is 2. The molecule has 1 heterocycles. The Labute approximate surface area is 79.3 Å². The molecule has 0 saturated carbocycles. The van der Waals surface area contributed by atoms with E-state index in [4.69, 9.17) is 5.73 Å². The van der Waals surface area contributed by atoms with E-state index in [-0.39, 0.29) is 12.1 Å². The Hall–Kier alpha value is -0.610. The number of carbonyl (C=O) groups excluding carboxylic acids is 1. The van der Waals surface area contributed by atoms with E-state index in [1.807, 2.05) is 0 Å². The topological polar surface area (TPSA) is 67.2 Å². The fourth-order valence-corrected chi connectivity index (χ4v) is 1.75. The first-order chi connectivity index (χ1) is 6.18. The molecule has 1 saturated heterocycles. The molecule has 13 heavy (non-hydrogen) atoms. The van der Waals surface area contributed by atoms with Gasteiger partial charge in [-0.3, -0.25) is 4.79 Å². The van der Waals surface area contributed by atoms with Crippen molar-refractivity contribution in [1.29, 1.82) is 0 Å². The van der Waals surface area contributed by atoms with Crippen molar-refractivity contribution >= 4 is 5.91 Å². The zero-order valence-corrected chi connectivity index (χ0v) is 8.18. The van der Waals surface area contributed by atoms with Gasteiger partial charge in [0.25, 0.3) is 0 Å². The molecule has 0 bridgehead atoms. The first-order valence-corrected chi connectivity index (χ1v) is 4.92. The molecule has 4 N–H and O–H groups in total. The van der Waals surface area contributed by atoms with Gasteiger partial charge in [0, 0.05) is 13.5 Å². The zero-order valence-electron chi connectivity index (χ0n) is 8.18. The molecule has 1 amide bonds. The SMILES string of the molecule is CC(=O)NCCC1CCNC(N)C1. The minimum Gasteiger partial charge on any atom is -0.356 e. The van der Waals surface area contributed by atoms with Crippen molar-refractivity contribution < 1.29 is 4.79 Å². The Morgan fingerprint density at radius 1 is 1.69 bits per heavy atom. The van der Waals surface area contributed by atoms with Gasteiger partial charge >= 0.3 is 0 Å². The molecule has 2 unspecified atom stereocenters. The molecule has 0 aliphatic carbocycles. The predicted molar refractivity (Wildman–Crippen MR) is 52.0 cm³/mol. The molecule has 4 heteroatoms. The molecule has 0 spiro atoms. The molecule has 1 fully saturated rings. The van der Waals surface area contributed by atoms with Crippen molar-refractivity contribution in [3.63, 3.8) is 0 Å². The van der Waals surface area contributed by atoms with Crippen molar-refractivity contribution in [3.8, 4) is 0 Å². The Bertz CT molecular complexity index is 172. The van der Waals surface area contributed by atoms with Gasteiger partial charge in [0.1, 0.15) is 0 Å². The van der Waals surface area contributed by atoms with Gasteiger partial charge in [-0.2, -0.15) is 0 Å². The van der Waals surface area contributed by atoms with Gasteiger partial charge in [0.2, 0.25) is 5.91 Å². The monoisotopic (exact) mass is 185 g/mol. The van der Waals surface area contributed by atoms with E-state index in [1.165, 1.54) is 6.42 Å². The van der Waals surface area contributed by atoms with Crippen LogP contribution in [-0.2, 0) is 4.79 Å². The van der Waals surface area contributed by atoms with Gasteiger partial charge in [-0.15, -0.1) is 0 Å². The van der Waals surface area contributed by atoms with Crippen LogP contribution in [0.4, 0.5) is 0 Å².